The molecule has 0 heterocycles. The average Bonchev–Trinajstić information content (AvgIpc) is 2.14. The molecular formula is C14H26OSi2. The van der Waals surface area contributed by atoms with Gasteiger partial charge in [0, 0.05) is 0 Å². The molecule has 0 spiro atoms. The van der Waals surface area contributed by atoms with Crippen LogP contribution in [0.15, 0.2) is 30.3 Å². The zero-order chi connectivity index (χ0) is 13.1. The second-order valence-electron chi connectivity index (χ2n) is 6.49. The normalized spacial score (nSPS) is 14.7. The van der Waals surface area contributed by atoms with Gasteiger partial charge in [0.15, 0.2) is 16.6 Å². The predicted octanol–water partition coefficient (Wildman–Crippen LogP) is 4.85. The summed E-state index contributed by atoms with van der Waals surface area (Å²) in [4.78, 5) is 0. The van der Waals surface area contributed by atoms with E-state index in [0.29, 0.717) is 5.92 Å². The number of rotatable bonds is 5. The van der Waals surface area contributed by atoms with E-state index in [1.165, 1.54) is 11.6 Å². The summed E-state index contributed by atoms with van der Waals surface area (Å²) in [6.45, 7) is 13.9. The molecule has 17 heavy (non-hydrogen) atoms. The summed E-state index contributed by atoms with van der Waals surface area (Å²) in [5.74, 6) is 0.606. The lowest BCUT2D eigenvalue weighted by Gasteiger charge is -2.33. The zero-order valence-corrected chi connectivity index (χ0v) is 14.1. The summed E-state index contributed by atoms with van der Waals surface area (Å²) < 4.78 is 6.40. The first kappa shape index (κ1) is 14.7. The molecule has 0 radical (unpaired) electrons. The van der Waals surface area contributed by atoms with Crippen LogP contribution in [-0.2, 0) is 4.12 Å². The van der Waals surface area contributed by atoms with Crippen molar-refractivity contribution >= 4 is 16.6 Å². The molecule has 0 amide bonds. The van der Waals surface area contributed by atoms with Gasteiger partial charge >= 0.3 is 0 Å². The monoisotopic (exact) mass is 266 g/mol. The van der Waals surface area contributed by atoms with Crippen molar-refractivity contribution in [3.05, 3.63) is 35.9 Å². The van der Waals surface area contributed by atoms with E-state index in [0.717, 1.165) is 0 Å². The molecule has 0 saturated heterocycles. The Bertz CT molecular complexity index is 341. The molecule has 0 N–H and O–H groups in total. The van der Waals surface area contributed by atoms with Gasteiger partial charge < -0.3 is 4.12 Å². The molecule has 0 aliphatic heterocycles. The van der Waals surface area contributed by atoms with E-state index in [4.69, 9.17) is 4.12 Å². The molecule has 1 nitrogen and oxygen atoms in total. The lowest BCUT2D eigenvalue weighted by Crippen LogP contribution is -2.42. The van der Waals surface area contributed by atoms with Crippen molar-refractivity contribution in [2.24, 2.45) is 0 Å². The van der Waals surface area contributed by atoms with Crippen LogP contribution in [0.1, 0.15) is 18.4 Å². The van der Waals surface area contributed by atoms with Gasteiger partial charge in [-0.15, -0.1) is 0 Å². The number of hydrogen-bond donors (Lipinski definition) is 0. The van der Waals surface area contributed by atoms with E-state index >= 15 is 0 Å². The zero-order valence-electron chi connectivity index (χ0n) is 12.1. The summed E-state index contributed by atoms with van der Waals surface area (Å²) in [6, 6.07) is 12.0. The molecule has 0 bridgehead atoms. The van der Waals surface area contributed by atoms with Gasteiger partial charge in [0.1, 0.15) is 0 Å². The van der Waals surface area contributed by atoms with Gasteiger partial charge in [-0.2, -0.15) is 0 Å². The van der Waals surface area contributed by atoms with Crippen LogP contribution in [0.5, 0.6) is 0 Å². The maximum atomic E-state index is 6.40. The first-order chi connectivity index (χ1) is 7.70. The van der Waals surface area contributed by atoms with Crippen LogP contribution in [0.25, 0.3) is 0 Å². The van der Waals surface area contributed by atoms with E-state index in [1.807, 2.05) is 0 Å². The third-order valence-corrected chi connectivity index (χ3v) is 9.00. The van der Waals surface area contributed by atoms with E-state index in [2.05, 4.69) is 70.0 Å². The summed E-state index contributed by atoms with van der Waals surface area (Å²) in [5.41, 5.74) is 1.44. The van der Waals surface area contributed by atoms with Crippen molar-refractivity contribution < 1.29 is 4.12 Å². The van der Waals surface area contributed by atoms with E-state index < -0.39 is 16.6 Å². The average molecular weight is 267 g/mol. The third-order valence-electron chi connectivity index (χ3n) is 2.75. The molecule has 0 aliphatic rings. The fraction of sp³-hybridized carbons (Fsp3) is 0.571. The van der Waals surface area contributed by atoms with E-state index in [-0.39, 0.29) is 0 Å². The molecule has 1 aromatic rings. The van der Waals surface area contributed by atoms with Crippen molar-refractivity contribution in [1.29, 1.82) is 0 Å². The molecule has 1 atom stereocenters. The Hall–Kier alpha value is -0.386. The Balaban J connectivity index is 2.65. The van der Waals surface area contributed by atoms with Crippen LogP contribution < -0.4 is 0 Å². The molecule has 0 aromatic heterocycles. The maximum Gasteiger partial charge on any atom is 0.174 e. The Morgan fingerprint density at radius 1 is 1.00 bits per heavy atom. The van der Waals surface area contributed by atoms with Crippen molar-refractivity contribution in [2.45, 2.75) is 51.6 Å². The molecule has 0 fully saturated rings. The summed E-state index contributed by atoms with van der Waals surface area (Å²) in [6.07, 6.45) is 0. The van der Waals surface area contributed by atoms with Crippen molar-refractivity contribution in [3.8, 4) is 0 Å². The van der Waals surface area contributed by atoms with Gasteiger partial charge in [-0.1, -0.05) is 37.3 Å². The van der Waals surface area contributed by atoms with Gasteiger partial charge in [0.2, 0.25) is 0 Å². The van der Waals surface area contributed by atoms with E-state index in [9.17, 15) is 0 Å². The molecule has 96 valence electrons. The van der Waals surface area contributed by atoms with Gasteiger partial charge in [-0.05, 0) is 50.3 Å². The lowest BCUT2D eigenvalue weighted by atomic mass is 10.0. The molecular weight excluding hydrogens is 240 g/mol. The first-order valence-corrected chi connectivity index (χ1v) is 13.0. The minimum absolute atomic E-state index is 0.606. The summed E-state index contributed by atoms with van der Waals surface area (Å²) in [5, 5.41) is 0. The van der Waals surface area contributed by atoms with Crippen LogP contribution >= 0.6 is 0 Å². The van der Waals surface area contributed by atoms with Crippen molar-refractivity contribution in [3.63, 3.8) is 0 Å². The van der Waals surface area contributed by atoms with E-state index in [1.54, 1.807) is 0 Å². The van der Waals surface area contributed by atoms with Crippen LogP contribution in [-0.4, -0.2) is 16.6 Å². The standard InChI is InChI=1S/C14H26OSi2/c1-13(14-10-8-7-9-11-14)12-17(5,6)15-16(2,3)4/h7-11,13H,12H2,1-6H3. The Labute approximate surface area is 108 Å². The molecule has 3 heteroatoms. The van der Waals surface area contributed by atoms with Crippen LogP contribution in [0.2, 0.25) is 38.8 Å². The minimum atomic E-state index is -1.52. The SMILES string of the molecule is CC(C[Si](C)(C)O[Si](C)(C)C)c1ccccc1. The van der Waals surface area contributed by atoms with Crippen molar-refractivity contribution in [2.75, 3.05) is 0 Å². The maximum absolute atomic E-state index is 6.40. The van der Waals surface area contributed by atoms with Gasteiger partial charge in [-0.25, -0.2) is 0 Å². The number of hydrogen-bond acceptors (Lipinski definition) is 1. The van der Waals surface area contributed by atoms with Crippen molar-refractivity contribution in [1.82, 2.24) is 0 Å². The summed E-state index contributed by atoms with van der Waals surface area (Å²) in [7, 11) is -2.92. The topological polar surface area (TPSA) is 9.23 Å². The molecule has 1 unspecified atom stereocenters. The highest BCUT2D eigenvalue weighted by atomic mass is 28.4. The Morgan fingerprint density at radius 3 is 2.00 bits per heavy atom. The molecule has 1 aromatic carbocycles. The quantitative estimate of drug-likeness (QED) is 0.693. The Morgan fingerprint density at radius 2 is 1.53 bits per heavy atom. The second-order valence-corrected chi connectivity index (χ2v) is 15.5. The van der Waals surface area contributed by atoms with Gasteiger partial charge in [-0.3, -0.25) is 0 Å². The largest absolute Gasteiger partial charge is 0.456 e. The lowest BCUT2D eigenvalue weighted by molar-refractivity contribution is 0.539. The molecule has 0 aliphatic carbocycles. The highest BCUT2D eigenvalue weighted by molar-refractivity contribution is 6.84. The van der Waals surface area contributed by atoms with Crippen LogP contribution in [0, 0.1) is 0 Å². The predicted molar refractivity (Wildman–Crippen MR) is 81.6 cm³/mol. The highest BCUT2D eigenvalue weighted by Crippen LogP contribution is 2.28. The van der Waals surface area contributed by atoms with Gasteiger partial charge in [0.25, 0.3) is 0 Å². The molecule has 1 rings (SSSR count). The number of benzene rings is 1. The van der Waals surface area contributed by atoms with Crippen LogP contribution in [0.4, 0.5) is 0 Å². The highest BCUT2D eigenvalue weighted by Gasteiger charge is 2.31. The third kappa shape index (κ3) is 5.66. The first-order valence-electron chi connectivity index (χ1n) is 6.45. The Kier molecular flexibility index (Phi) is 4.75. The fourth-order valence-electron chi connectivity index (χ4n) is 2.51. The van der Waals surface area contributed by atoms with Crippen LogP contribution in [0.3, 0.4) is 0 Å². The minimum Gasteiger partial charge on any atom is -0.456 e. The fourth-order valence-corrected chi connectivity index (χ4v) is 11.2. The summed E-state index contributed by atoms with van der Waals surface area (Å²) >= 11 is 0. The molecule has 0 saturated carbocycles. The van der Waals surface area contributed by atoms with Gasteiger partial charge in [0.05, 0.1) is 0 Å². The smallest absolute Gasteiger partial charge is 0.174 e. The second kappa shape index (κ2) is 5.50.